The second-order valence-electron chi connectivity index (χ2n) is 13.6. The molecule has 1 heterocycles. The molecule has 6 aromatic carbocycles. The van der Waals surface area contributed by atoms with Crippen LogP contribution in [0.1, 0.15) is 41.6 Å². The van der Waals surface area contributed by atoms with E-state index in [9.17, 15) is 9.18 Å². The van der Waals surface area contributed by atoms with Crippen LogP contribution >= 0.6 is 7.26 Å². The number of halogens is 1. The first-order valence-electron chi connectivity index (χ1n) is 18.1. The quantitative estimate of drug-likeness (QED) is 0.128. The molecule has 0 spiro atoms. The zero-order valence-electron chi connectivity index (χ0n) is 30.3. The molecule has 1 N–H and O–H groups in total. The molecular formula is C47H44FN2O2P. The second kappa shape index (κ2) is 15.9. The van der Waals surface area contributed by atoms with Gasteiger partial charge in [0.25, 0.3) is 0 Å². The topological polar surface area (TPSA) is 43.3 Å². The average molecular weight is 719 g/mol. The Balaban J connectivity index is 1.54. The molecule has 1 aromatic heterocycles. The molecule has 0 aliphatic carbocycles. The summed E-state index contributed by atoms with van der Waals surface area (Å²) in [4.78, 5) is 14.9. The summed E-state index contributed by atoms with van der Waals surface area (Å²) in [6, 6.07) is 57.0. The normalized spacial score (nSPS) is 11.7. The second-order valence-corrected chi connectivity index (χ2v) is 17.5. The van der Waals surface area contributed by atoms with E-state index >= 15 is 0 Å². The van der Waals surface area contributed by atoms with Gasteiger partial charge in [-0.3, -0.25) is 0 Å². The predicted octanol–water partition coefficient (Wildman–Crippen LogP) is 9.71. The number of ether oxygens (including phenoxy) is 1. The Labute approximate surface area is 312 Å². The van der Waals surface area contributed by atoms with Crippen LogP contribution in [0.4, 0.5) is 4.39 Å². The number of hydrogen-bond acceptors (Lipinski definition) is 2. The van der Waals surface area contributed by atoms with E-state index in [0.29, 0.717) is 18.4 Å². The number of carbonyl (C=O) groups is 1. The first kappa shape index (κ1) is 35.6. The van der Waals surface area contributed by atoms with Crippen molar-refractivity contribution in [3.63, 3.8) is 0 Å². The van der Waals surface area contributed by atoms with Crippen molar-refractivity contribution in [2.24, 2.45) is 0 Å². The molecule has 266 valence electrons. The van der Waals surface area contributed by atoms with E-state index in [4.69, 9.17) is 4.74 Å². The summed E-state index contributed by atoms with van der Waals surface area (Å²) >= 11 is 0. The van der Waals surface area contributed by atoms with Crippen molar-refractivity contribution in [3.8, 4) is 28.0 Å². The van der Waals surface area contributed by atoms with E-state index < -0.39 is 7.26 Å². The first-order chi connectivity index (χ1) is 25.9. The van der Waals surface area contributed by atoms with Gasteiger partial charge in [-0.15, -0.1) is 0 Å². The molecule has 7 aromatic rings. The van der Waals surface area contributed by atoms with Gasteiger partial charge >= 0.3 is 306 Å². The number of methoxy groups -OCH3 is 1. The molecule has 0 fully saturated rings. The first-order valence-corrected chi connectivity index (χ1v) is 20.3. The van der Waals surface area contributed by atoms with Crippen LogP contribution < -0.4 is 26.0 Å². The molecular weight excluding hydrogens is 675 g/mol. The van der Waals surface area contributed by atoms with Gasteiger partial charge in [-0.2, -0.15) is 0 Å². The molecule has 0 aliphatic rings. The fourth-order valence-corrected chi connectivity index (χ4v) is 12.4. The molecule has 1 amide bonds. The van der Waals surface area contributed by atoms with Gasteiger partial charge in [-0.05, 0) is 0 Å². The van der Waals surface area contributed by atoms with Crippen LogP contribution in [0.25, 0.3) is 22.3 Å². The predicted molar refractivity (Wildman–Crippen MR) is 220 cm³/mol. The minimum absolute atomic E-state index is 0.0857. The maximum atomic E-state index is 14.9. The summed E-state index contributed by atoms with van der Waals surface area (Å²) in [5.41, 5.74) is 6.17. The number of amides is 1. The van der Waals surface area contributed by atoms with Gasteiger partial charge in [0.15, 0.2) is 0 Å². The summed E-state index contributed by atoms with van der Waals surface area (Å²) in [5.74, 6) is 0.282. The fourth-order valence-electron chi connectivity index (χ4n) is 7.65. The van der Waals surface area contributed by atoms with Crippen LogP contribution in [-0.4, -0.2) is 17.6 Å². The third-order valence-corrected chi connectivity index (χ3v) is 14.9. The molecule has 0 aliphatic heterocycles. The number of carbonyl (C=O) groups excluding carboxylic acids is 1. The van der Waals surface area contributed by atoms with Crippen LogP contribution in [0, 0.1) is 5.82 Å². The summed E-state index contributed by atoms with van der Waals surface area (Å²) in [5, 5.41) is 7.08. The monoisotopic (exact) mass is 718 g/mol. The zero-order chi connectivity index (χ0) is 36.8. The molecule has 0 bridgehead atoms. The molecule has 0 saturated carbocycles. The maximum absolute atomic E-state index is 14.9. The summed E-state index contributed by atoms with van der Waals surface area (Å²) in [6.45, 7) is 4.63. The van der Waals surface area contributed by atoms with E-state index in [1.165, 1.54) is 28.0 Å². The van der Waals surface area contributed by atoms with Gasteiger partial charge in [0, 0.05) is 0 Å². The van der Waals surface area contributed by atoms with E-state index in [1.807, 2.05) is 54.6 Å². The number of aromatic nitrogens is 1. The standard InChI is InChI=1S/C47H44FN2O2P/c1-34(2)50-43(33-53(40-18-10-5-11-19-40,41-20-12-6-13-21-41)42-22-14-7-15-23-42)44(37-26-28-38(48)29-27-37)45(36-16-8-4-9-17-36)46(50)47(51)49-32-35-24-30-39(52-3)31-25-35/h4-31,34,53H,32-33H2,1-3H3,(H,49,51). The van der Waals surface area contributed by atoms with Gasteiger partial charge in [-0.25, -0.2) is 0 Å². The Kier molecular flexibility index (Phi) is 10.7. The average Bonchev–Trinajstić information content (AvgIpc) is 3.55. The van der Waals surface area contributed by atoms with Gasteiger partial charge < -0.3 is 0 Å². The third-order valence-electron chi connectivity index (χ3n) is 10.1. The Bertz CT molecular complexity index is 2180. The minimum atomic E-state index is -2.88. The van der Waals surface area contributed by atoms with Crippen molar-refractivity contribution >= 4 is 29.1 Å². The van der Waals surface area contributed by atoms with Crippen molar-refractivity contribution < 1.29 is 13.9 Å². The number of hydrogen-bond donors (Lipinski definition) is 1. The van der Waals surface area contributed by atoms with E-state index in [0.717, 1.165) is 39.3 Å². The Morgan fingerprint density at radius 3 is 1.58 bits per heavy atom. The SMILES string of the molecule is COc1ccc(CNC(=O)c2c(-c3ccccc3)c(-c3ccc(F)cc3)c(C[PH](c3ccccc3)(c3ccccc3)c3ccccc3)n2C(C)C)cc1. The number of benzene rings is 6. The zero-order valence-corrected chi connectivity index (χ0v) is 31.3. The molecule has 0 radical (unpaired) electrons. The molecule has 0 atom stereocenters. The van der Waals surface area contributed by atoms with Gasteiger partial charge in [0.2, 0.25) is 0 Å². The van der Waals surface area contributed by atoms with Crippen LogP contribution in [-0.2, 0) is 12.7 Å². The van der Waals surface area contributed by atoms with Crippen molar-refractivity contribution in [2.75, 3.05) is 7.11 Å². The van der Waals surface area contributed by atoms with E-state index in [2.05, 4.69) is 127 Å². The van der Waals surface area contributed by atoms with Crippen LogP contribution in [0.2, 0.25) is 0 Å². The number of nitrogens with one attached hydrogen (secondary N) is 1. The van der Waals surface area contributed by atoms with E-state index in [1.54, 1.807) is 7.11 Å². The summed E-state index contributed by atoms with van der Waals surface area (Å²) in [7, 11) is -1.24. The summed E-state index contributed by atoms with van der Waals surface area (Å²) < 4.78 is 22.3. The molecule has 53 heavy (non-hydrogen) atoms. The Hall–Kier alpha value is -5.77. The Morgan fingerprint density at radius 1 is 0.642 bits per heavy atom. The fraction of sp³-hybridized carbons (Fsp3) is 0.128. The van der Waals surface area contributed by atoms with Crippen LogP contribution in [0.3, 0.4) is 0 Å². The molecule has 4 nitrogen and oxygen atoms in total. The molecule has 7 rings (SSSR count). The van der Waals surface area contributed by atoms with E-state index in [-0.39, 0.29) is 17.8 Å². The molecule has 6 heteroatoms. The Morgan fingerprint density at radius 2 is 1.11 bits per heavy atom. The van der Waals surface area contributed by atoms with Crippen LogP contribution in [0.15, 0.2) is 170 Å². The number of nitrogens with zero attached hydrogens (tertiary/aromatic N) is 1. The third kappa shape index (κ3) is 7.18. The van der Waals surface area contributed by atoms with Gasteiger partial charge in [0.05, 0.1) is 7.11 Å². The van der Waals surface area contributed by atoms with Gasteiger partial charge in [-0.1, -0.05) is 0 Å². The van der Waals surface area contributed by atoms with Gasteiger partial charge in [0.1, 0.15) is 0 Å². The molecule has 0 saturated heterocycles. The van der Waals surface area contributed by atoms with Crippen molar-refractivity contribution in [1.82, 2.24) is 9.88 Å². The van der Waals surface area contributed by atoms with Crippen molar-refractivity contribution in [2.45, 2.75) is 32.6 Å². The molecule has 0 unspecified atom stereocenters. The number of rotatable bonds is 12. The summed E-state index contributed by atoms with van der Waals surface area (Å²) in [6.07, 6.45) is 0.654. The van der Waals surface area contributed by atoms with Crippen LogP contribution in [0.5, 0.6) is 5.75 Å². The van der Waals surface area contributed by atoms with Crippen molar-refractivity contribution in [1.29, 1.82) is 0 Å². The van der Waals surface area contributed by atoms with Crippen molar-refractivity contribution in [3.05, 3.63) is 193 Å².